The number of nitrogens with two attached hydrogens (primary N) is 1. The van der Waals surface area contributed by atoms with Crippen molar-refractivity contribution in [2.75, 3.05) is 0 Å². The van der Waals surface area contributed by atoms with Crippen LogP contribution >= 0.6 is 11.3 Å². The maximum Gasteiger partial charge on any atom is 0.270 e. The number of aromatic nitrogens is 3. The summed E-state index contributed by atoms with van der Waals surface area (Å²) in [4.78, 5) is 10.2. The van der Waals surface area contributed by atoms with Crippen molar-refractivity contribution in [3.63, 3.8) is 0 Å². The normalized spacial score (nSPS) is 16.2. The van der Waals surface area contributed by atoms with E-state index in [1.54, 1.807) is 11.3 Å². The number of nitrogens with zero attached hydrogens (tertiary/aromatic N) is 3. The van der Waals surface area contributed by atoms with Crippen LogP contribution in [0.25, 0.3) is 21.3 Å². The van der Waals surface area contributed by atoms with Gasteiger partial charge in [0.1, 0.15) is 9.88 Å². The van der Waals surface area contributed by atoms with Crippen molar-refractivity contribution >= 4 is 11.3 Å². The molecule has 2 N–H and O–H groups in total. The molecule has 2 aromatic heterocycles. The topological polar surface area (TPSA) is 77.8 Å². The van der Waals surface area contributed by atoms with Crippen LogP contribution in [0.15, 0.2) is 22.7 Å². The molecule has 24 heavy (non-hydrogen) atoms. The minimum absolute atomic E-state index is 0.406. The van der Waals surface area contributed by atoms with Crippen LogP contribution < -0.4 is 5.73 Å². The second-order valence-corrected chi connectivity index (χ2v) is 7.68. The van der Waals surface area contributed by atoms with Crippen LogP contribution in [0, 0.1) is 20.8 Å². The Kier molecular flexibility index (Phi) is 3.54. The van der Waals surface area contributed by atoms with Gasteiger partial charge in [-0.25, -0.2) is 4.98 Å². The quantitative estimate of drug-likeness (QED) is 0.776. The lowest BCUT2D eigenvalue weighted by molar-refractivity contribution is 0.229. The summed E-state index contributed by atoms with van der Waals surface area (Å²) in [7, 11) is 0. The molecule has 1 aliphatic carbocycles. The summed E-state index contributed by atoms with van der Waals surface area (Å²) in [6.07, 6.45) is 2.96. The molecule has 1 saturated carbocycles. The van der Waals surface area contributed by atoms with E-state index >= 15 is 0 Å². The highest BCUT2D eigenvalue weighted by Crippen LogP contribution is 2.40. The first kappa shape index (κ1) is 15.5. The van der Waals surface area contributed by atoms with Gasteiger partial charge in [-0.15, -0.1) is 11.3 Å². The van der Waals surface area contributed by atoms with E-state index in [-0.39, 0.29) is 0 Å². The Morgan fingerprint density at radius 2 is 1.96 bits per heavy atom. The fourth-order valence-corrected chi connectivity index (χ4v) is 4.14. The molecule has 124 valence electrons. The molecule has 1 aliphatic rings. The molecule has 0 spiro atoms. The molecule has 6 heteroatoms. The minimum atomic E-state index is -0.406. The lowest BCUT2D eigenvalue weighted by Gasteiger charge is -2.34. The zero-order valence-corrected chi connectivity index (χ0v) is 14.9. The largest absolute Gasteiger partial charge is 0.333 e. The van der Waals surface area contributed by atoms with Gasteiger partial charge in [-0.1, -0.05) is 28.9 Å². The predicted molar refractivity (Wildman–Crippen MR) is 94.8 cm³/mol. The average molecular weight is 340 g/mol. The van der Waals surface area contributed by atoms with E-state index in [4.69, 9.17) is 15.2 Å². The Hall–Kier alpha value is -2.05. The Morgan fingerprint density at radius 1 is 1.17 bits per heavy atom. The van der Waals surface area contributed by atoms with Crippen molar-refractivity contribution in [1.82, 2.24) is 15.1 Å². The molecular weight excluding hydrogens is 320 g/mol. The molecule has 2 heterocycles. The molecule has 0 radical (unpaired) electrons. The number of benzene rings is 1. The zero-order chi connectivity index (χ0) is 16.9. The summed E-state index contributed by atoms with van der Waals surface area (Å²) in [5.41, 5.74) is 10.4. The van der Waals surface area contributed by atoms with Crippen molar-refractivity contribution in [1.29, 1.82) is 0 Å². The molecule has 0 saturated heterocycles. The maximum atomic E-state index is 6.29. The second kappa shape index (κ2) is 5.50. The van der Waals surface area contributed by atoms with E-state index < -0.39 is 5.54 Å². The van der Waals surface area contributed by atoms with E-state index in [0.717, 1.165) is 40.4 Å². The fraction of sp³-hybridized carbons (Fsp3) is 0.389. The van der Waals surface area contributed by atoms with Gasteiger partial charge in [0.15, 0.2) is 5.82 Å². The van der Waals surface area contributed by atoms with Gasteiger partial charge >= 0.3 is 0 Å². The van der Waals surface area contributed by atoms with Crippen molar-refractivity contribution in [3.05, 3.63) is 40.8 Å². The van der Waals surface area contributed by atoms with Crippen molar-refractivity contribution in [3.8, 4) is 21.3 Å². The minimum Gasteiger partial charge on any atom is -0.333 e. The zero-order valence-electron chi connectivity index (χ0n) is 14.1. The molecule has 4 rings (SSSR count). The summed E-state index contributed by atoms with van der Waals surface area (Å²) in [5, 5.41) is 5.08. The highest BCUT2D eigenvalue weighted by molar-refractivity contribution is 7.18. The van der Waals surface area contributed by atoms with Crippen molar-refractivity contribution < 1.29 is 4.52 Å². The van der Waals surface area contributed by atoms with Crippen LogP contribution in [0.4, 0.5) is 0 Å². The Morgan fingerprint density at radius 3 is 2.62 bits per heavy atom. The van der Waals surface area contributed by atoms with Gasteiger partial charge in [0.05, 0.1) is 11.2 Å². The smallest absolute Gasteiger partial charge is 0.270 e. The highest BCUT2D eigenvalue weighted by Gasteiger charge is 2.39. The fourth-order valence-electron chi connectivity index (χ4n) is 3.06. The summed E-state index contributed by atoms with van der Waals surface area (Å²) in [6, 6.07) is 6.40. The van der Waals surface area contributed by atoms with Gasteiger partial charge in [-0.05, 0) is 45.6 Å². The maximum absolute atomic E-state index is 6.29. The lowest BCUT2D eigenvalue weighted by atomic mass is 9.77. The van der Waals surface area contributed by atoms with Crippen LogP contribution in [0.3, 0.4) is 0 Å². The van der Waals surface area contributed by atoms with Gasteiger partial charge in [0.25, 0.3) is 5.89 Å². The Bertz CT molecular complexity index is 908. The van der Waals surface area contributed by atoms with Gasteiger partial charge in [0.2, 0.25) is 0 Å². The molecule has 0 atom stereocenters. The van der Waals surface area contributed by atoms with Gasteiger partial charge in [0, 0.05) is 5.56 Å². The van der Waals surface area contributed by atoms with E-state index in [2.05, 4.69) is 42.2 Å². The van der Waals surface area contributed by atoms with Gasteiger partial charge in [-0.2, -0.15) is 4.98 Å². The monoisotopic (exact) mass is 340 g/mol. The van der Waals surface area contributed by atoms with E-state index in [0.29, 0.717) is 11.7 Å². The number of rotatable bonds is 3. The molecule has 1 aromatic carbocycles. The van der Waals surface area contributed by atoms with Crippen molar-refractivity contribution in [2.24, 2.45) is 5.73 Å². The molecule has 3 aromatic rings. The molecule has 0 aliphatic heterocycles. The third kappa shape index (κ3) is 2.46. The molecule has 0 bridgehead atoms. The number of hydrogen-bond acceptors (Lipinski definition) is 6. The highest BCUT2D eigenvalue weighted by atomic mass is 32.1. The summed E-state index contributed by atoms with van der Waals surface area (Å²) in [6.45, 7) is 6.18. The Balaban J connectivity index is 1.71. The van der Waals surface area contributed by atoms with Crippen molar-refractivity contribution in [2.45, 2.75) is 45.6 Å². The van der Waals surface area contributed by atoms with E-state index in [1.807, 2.05) is 6.92 Å². The summed E-state index contributed by atoms with van der Waals surface area (Å²) < 4.78 is 5.48. The predicted octanol–water partition coefficient (Wildman–Crippen LogP) is 4.12. The third-order valence-corrected chi connectivity index (χ3v) is 5.90. The van der Waals surface area contributed by atoms with Crippen LogP contribution in [-0.4, -0.2) is 15.1 Å². The first-order chi connectivity index (χ1) is 11.5. The first-order valence-corrected chi connectivity index (χ1v) is 8.96. The van der Waals surface area contributed by atoms with Crippen LogP contribution in [0.5, 0.6) is 0 Å². The standard InChI is InChI=1S/C18H20N4OS/c1-10-5-6-13(11(2)9-10)16-20-12(3)14(24-16)15-21-17(22-23-15)18(19)7-4-8-18/h5-6,9H,4,7-8,19H2,1-3H3. The summed E-state index contributed by atoms with van der Waals surface area (Å²) in [5.74, 6) is 1.14. The van der Waals surface area contributed by atoms with Gasteiger partial charge < -0.3 is 10.3 Å². The number of aryl methyl sites for hydroxylation is 3. The second-order valence-electron chi connectivity index (χ2n) is 6.68. The molecule has 1 fully saturated rings. The third-order valence-electron chi connectivity index (χ3n) is 4.72. The lowest BCUT2D eigenvalue weighted by Crippen LogP contribution is -2.44. The molecule has 0 amide bonds. The number of hydrogen-bond donors (Lipinski definition) is 1. The molecule has 5 nitrogen and oxygen atoms in total. The van der Waals surface area contributed by atoms with Crippen LogP contribution in [-0.2, 0) is 5.54 Å². The molecule has 0 unspecified atom stereocenters. The van der Waals surface area contributed by atoms with E-state index in [9.17, 15) is 0 Å². The van der Waals surface area contributed by atoms with Crippen LogP contribution in [0.1, 0.15) is 41.9 Å². The SMILES string of the molecule is Cc1ccc(-c2nc(C)c(-c3nc(C4(N)CCC4)no3)s2)c(C)c1. The average Bonchev–Trinajstić information content (AvgIpc) is 3.11. The first-order valence-electron chi connectivity index (χ1n) is 8.15. The molecular formula is C18H20N4OS. The van der Waals surface area contributed by atoms with E-state index in [1.165, 1.54) is 11.1 Å². The Labute approximate surface area is 144 Å². The number of thiazole rings is 1. The van der Waals surface area contributed by atoms with Gasteiger partial charge in [-0.3, -0.25) is 0 Å². The van der Waals surface area contributed by atoms with Crippen LogP contribution in [0.2, 0.25) is 0 Å². The summed E-state index contributed by atoms with van der Waals surface area (Å²) >= 11 is 1.59.